The first kappa shape index (κ1) is 11.9. The molecule has 5 nitrogen and oxygen atoms in total. The molecular weight excluding hydrogens is 240 g/mol. The molecule has 0 spiro atoms. The van der Waals surface area contributed by atoms with E-state index in [-0.39, 0.29) is 0 Å². The van der Waals surface area contributed by atoms with Crippen LogP contribution in [0.4, 0.5) is 0 Å². The van der Waals surface area contributed by atoms with Gasteiger partial charge >= 0.3 is 0 Å². The molecule has 1 saturated carbocycles. The summed E-state index contributed by atoms with van der Waals surface area (Å²) in [7, 11) is 0. The third-order valence-corrected chi connectivity index (χ3v) is 4.54. The maximum absolute atomic E-state index is 5.84. The first-order valence-corrected chi connectivity index (χ1v) is 7.66. The summed E-state index contributed by atoms with van der Waals surface area (Å²) in [6.45, 7) is 5.12. The Morgan fingerprint density at radius 2 is 2.05 bits per heavy atom. The molecule has 0 N–H and O–H groups in total. The van der Waals surface area contributed by atoms with Gasteiger partial charge in [0.05, 0.1) is 12.6 Å². The Morgan fingerprint density at radius 1 is 1.11 bits per heavy atom. The fourth-order valence-electron chi connectivity index (χ4n) is 3.27. The highest BCUT2D eigenvalue weighted by Crippen LogP contribution is 2.39. The highest BCUT2D eigenvalue weighted by molar-refractivity contribution is 5.09. The van der Waals surface area contributed by atoms with Crippen LogP contribution in [0.1, 0.15) is 49.7 Å². The van der Waals surface area contributed by atoms with Gasteiger partial charge in [0.25, 0.3) is 0 Å². The molecule has 2 aliphatic heterocycles. The van der Waals surface area contributed by atoms with Gasteiger partial charge in [-0.3, -0.25) is 4.90 Å². The summed E-state index contributed by atoms with van der Waals surface area (Å²) in [6.07, 6.45) is 6.81. The summed E-state index contributed by atoms with van der Waals surface area (Å²) >= 11 is 0. The quantitative estimate of drug-likeness (QED) is 0.829. The van der Waals surface area contributed by atoms with Crippen LogP contribution in [0.3, 0.4) is 0 Å². The van der Waals surface area contributed by atoms with E-state index in [4.69, 9.17) is 4.74 Å². The molecule has 19 heavy (non-hydrogen) atoms. The molecule has 1 atom stereocenters. The van der Waals surface area contributed by atoms with Crippen molar-refractivity contribution in [1.82, 2.24) is 19.7 Å². The van der Waals surface area contributed by atoms with E-state index < -0.39 is 0 Å². The largest absolute Gasteiger partial charge is 0.377 e. The van der Waals surface area contributed by atoms with E-state index in [1.165, 1.54) is 37.9 Å². The Bertz CT molecular complexity index is 448. The van der Waals surface area contributed by atoms with Crippen molar-refractivity contribution >= 4 is 0 Å². The van der Waals surface area contributed by atoms with E-state index in [1.807, 2.05) is 0 Å². The lowest BCUT2D eigenvalue weighted by atomic mass is 10.1. The summed E-state index contributed by atoms with van der Waals surface area (Å²) < 4.78 is 8.19. The van der Waals surface area contributed by atoms with Crippen molar-refractivity contribution in [3.63, 3.8) is 0 Å². The van der Waals surface area contributed by atoms with E-state index in [1.54, 1.807) is 0 Å². The Kier molecular flexibility index (Phi) is 3.04. The Labute approximate surface area is 113 Å². The number of ether oxygens (including phenoxy) is 1. The summed E-state index contributed by atoms with van der Waals surface area (Å²) in [5.74, 6) is 3.10. The molecule has 1 aromatic heterocycles. The third-order valence-electron chi connectivity index (χ3n) is 4.54. The van der Waals surface area contributed by atoms with Gasteiger partial charge in [-0.2, -0.15) is 0 Å². The number of aromatic nitrogens is 3. The van der Waals surface area contributed by atoms with E-state index >= 15 is 0 Å². The molecule has 0 radical (unpaired) electrons. The van der Waals surface area contributed by atoms with Gasteiger partial charge in [0.2, 0.25) is 0 Å². The van der Waals surface area contributed by atoms with Crippen LogP contribution in [-0.2, 0) is 17.8 Å². The van der Waals surface area contributed by atoms with Crippen LogP contribution >= 0.6 is 0 Å². The van der Waals surface area contributed by atoms with Crippen molar-refractivity contribution < 1.29 is 4.74 Å². The average molecular weight is 262 g/mol. The van der Waals surface area contributed by atoms with Gasteiger partial charge in [0, 0.05) is 32.2 Å². The van der Waals surface area contributed by atoms with Crippen LogP contribution in [0.15, 0.2) is 0 Å². The maximum atomic E-state index is 5.84. The molecule has 1 aromatic rings. The van der Waals surface area contributed by atoms with Crippen LogP contribution in [0, 0.1) is 0 Å². The van der Waals surface area contributed by atoms with Gasteiger partial charge in [-0.25, -0.2) is 0 Å². The lowest BCUT2D eigenvalue weighted by molar-refractivity contribution is -0.0105. The first-order chi connectivity index (χ1) is 9.40. The molecule has 0 amide bonds. The molecule has 0 unspecified atom stereocenters. The fourth-order valence-corrected chi connectivity index (χ4v) is 3.27. The smallest absolute Gasteiger partial charge is 0.147 e. The van der Waals surface area contributed by atoms with E-state index in [0.717, 1.165) is 38.6 Å². The average Bonchev–Trinajstić information content (AvgIpc) is 3.20. The molecule has 1 saturated heterocycles. The second kappa shape index (κ2) is 4.87. The number of rotatable bonds is 3. The predicted octanol–water partition coefficient (Wildman–Crippen LogP) is 1.54. The van der Waals surface area contributed by atoms with Gasteiger partial charge < -0.3 is 9.30 Å². The second-order valence-corrected chi connectivity index (χ2v) is 6.12. The minimum Gasteiger partial charge on any atom is -0.377 e. The van der Waals surface area contributed by atoms with Crippen LogP contribution in [-0.4, -0.2) is 45.5 Å². The van der Waals surface area contributed by atoms with Gasteiger partial charge in [-0.05, 0) is 32.1 Å². The monoisotopic (exact) mass is 262 g/mol. The highest BCUT2D eigenvalue weighted by Gasteiger charge is 2.32. The Morgan fingerprint density at radius 3 is 2.84 bits per heavy atom. The van der Waals surface area contributed by atoms with Crippen LogP contribution in [0.5, 0.6) is 0 Å². The topological polar surface area (TPSA) is 43.2 Å². The SMILES string of the molecule is C1CC[C@@H](CN2CCn3c(nnc3C3CC3)C2)OC1. The van der Waals surface area contributed by atoms with Crippen molar-refractivity contribution in [3.05, 3.63) is 11.6 Å². The van der Waals surface area contributed by atoms with Crippen molar-refractivity contribution in [2.45, 2.75) is 57.2 Å². The molecular formula is C14H22N4O. The Balaban J connectivity index is 1.41. The standard InChI is InChI=1S/C14H22N4O/c1-2-8-19-12(3-1)9-17-6-7-18-13(10-17)15-16-14(18)11-4-5-11/h11-12H,1-10H2/t12-/m0/s1. The van der Waals surface area contributed by atoms with Crippen molar-refractivity contribution in [2.24, 2.45) is 0 Å². The van der Waals surface area contributed by atoms with Gasteiger partial charge in [0.15, 0.2) is 0 Å². The first-order valence-electron chi connectivity index (χ1n) is 7.66. The summed E-state index contributed by atoms with van der Waals surface area (Å²) in [5, 5.41) is 8.79. The molecule has 5 heteroatoms. The maximum Gasteiger partial charge on any atom is 0.147 e. The normalized spacial score (nSPS) is 28.3. The summed E-state index contributed by atoms with van der Waals surface area (Å²) in [5.41, 5.74) is 0. The minimum absolute atomic E-state index is 0.436. The predicted molar refractivity (Wildman–Crippen MR) is 70.9 cm³/mol. The van der Waals surface area contributed by atoms with Gasteiger partial charge in [-0.15, -0.1) is 10.2 Å². The lowest BCUT2D eigenvalue weighted by Gasteiger charge is -2.32. The summed E-state index contributed by atoms with van der Waals surface area (Å²) in [4.78, 5) is 2.48. The molecule has 0 aromatic carbocycles. The molecule has 4 rings (SSSR count). The highest BCUT2D eigenvalue weighted by atomic mass is 16.5. The van der Waals surface area contributed by atoms with Crippen LogP contribution in [0.2, 0.25) is 0 Å². The van der Waals surface area contributed by atoms with Crippen molar-refractivity contribution in [1.29, 1.82) is 0 Å². The fraction of sp³-hybridized carbons (Fsp3) is 0.857. The number of hydrogen-bond acceptors (Lipinski definition) is 4. The molecule has 3 aliphatic rings. The van der Waals surface area contributed by atoms with E-state index in [9.17, 15) is 0 Å². The molecule has 0 bridgehead atoms. The zero-order valence-electron chi connectivity index (χ0n) is 11.4. The summed E-state index contributed by atoms with van der Waals surface area (Å²) in [6, 6.07) is 0. The van der Waals surface area contributed by atoms with Crippen molar-refractivity contribution in [3.8, 4) is 0 Å². The number of fused-ring (bicyclic) bond motifs is 1. The van der Waals surface area contributed by atoms with E-state index in [2.05, 4.69) is 19.7 Å². The molecule has 1 aliphatic carbocycles. The molecule has 2 fully saturated rings. The van der Waals surface area contributed by atoms with Crippen LogP contribution < -0.4 is 0 Å². The zero-order chi connectivity index (χ0) is 12.7. The molecule has 104 valence electrons. The minimum atomic E-state index is 0.436. The van der Waals surface area contributed by atoms with Gasteiger partial charge in [-0.1, -0.05) is 0 Å². The second-order valence-electron chi connectivity index (χ2n) is 6.12. The molecule has 3 heterocycles. The number of hydrogen-bond donors (Lipinski definition) is 0. The van der Waals surface area contributed by atoms with Crippen molar-refractivity contribution in [2.75, 3.05) is 19.7 Å². The van der Waals surface area contributed by atoms with Crippen LogP contribution in [0.25, 0.3) is 0 Å². The zero-order valence-corrected chi connectivity index (χ0v) is 11.4. The lowest BCUT2D eigenvalue weighted by Crippen LogP contribution is -2.40. The van der Waals surface area contributed by atoms with E-state index in [0.29, 0.717) is 12.0 Å². The number of nitrogens with zero attached hydrogens (tertiary/aromatic N) is 4. The Hall–Kier alpha value is -0.940. The third kappa shape index (κ3) is 2.41. The van der Waals surface area contributed by atoms with Gasteiger partial charge in [0.1, 0.15) is 11.6 Å².